The molecule has 0 radical (unpaired) electrons. The van der Waals surface area contributed by atoms with E-state index >= 15 is 0 Å². The molecule has 0 bridgehead atoms. The third-order valence-corrected chi connectivity index (χ3v) is 1.91. The van der Waals surface area contributed by atoms with Gasteiger partial charge in [-0.1, -0.05) is 13.3 Å². The molecule has 0 amide bonds. The van der Waals surface area contributed by atoms with Crippen molar-refractivity contribution >= 4 is 0 Å². The number of hydrogen-bond donors (Lipinski definition) is 1. The molecule has 0 unspecified atom stereocenters. The van der Waals surface area contributed by atoms with Crippen molar-refractivity contribution in [2.75, 3.05) is 13.1 Å². The highest BCUT2D eigenvalue weighted by molar-refractivity contribution is 5.25. The lowest BCUT2D eigenvalue weighted by Crippen LogP contribution is -2.19. The van der Waals surface area contributed by atoms with Gasteiger partial charge in [-0.05, 0) is 31.0 Å². The Morgan fingerprint density at radius 2 is 2.27 bits per heavy atom. The van der Waals surface area contributed by atoms with Crippen molar-refractivity contribution in [1.82, 2.24) is 5.32 Å². The summed E-state index contributed by atoms with van der Waals surface area (Å²) < 4.78 is 0. The normalized spacial score (nSPS) is 15.5. The van der Waals surface area contributed by atoms with Crippen LogP contribution in [-0.2, 0) is 0 Å². The molecule has 11 heavy (non-hydrogen) atoms. The fourth-order valence-electron chi connectivity index (χ4n) is 1.25. The molecule has 0 aromatic carbocycles. The molecular formula is C10H17N. The molecule has 0 aromatic rings. The Bertz CT molecular complexity index is 185. The fourth-order valence-corrected chi connectivity index (χ4v) is 1.25. The topological polar surface area (TPSA) is 12.0 Å². The Hall–Kier alpha value is -0.520. The lowest BCUT2D eigenvalue weighted by Gasteiger charge is -2.12. The van der Waals surface area contributed by atoms with Gasteiger partial charge in [0.2, 0.25) is 0 Å². The van der Waals surface area contributed by atoms with Gasteiger partial charge < -0.3 is 5.32 Å². The third kappa shape index (κ3) is 2.92. The van der Waals surface area contributed by atoms with Crippen molar-refractivity contribution in [3.05, 3.63) is 16.9 Å². The minimum absolute atomic E-state index is 1.05. The number of rotatable bonds is 5. The van der Waals surface area contributed by atoms with Crippen LogP contribution in [-0.4, -0.2) is 13.1 Å². The predicted molar refractivity (Wildman–Crippen MR) is 48.6 cm³/mol. The molecule has 0 aliphatic heterocycles. The van der Waals surface area contributed by atoms with E-state index in [0.29, 0.717) is 0 Å². The average Bonchev–Trinajstić information content (AvgIpc) is 1.94. The molecule has 1 aliphatic rings. The standard InChI is InChI=1S/C10H17N/c1-3-4-5-11-8-10-6-9(2)7-10/h11H,3-6,8H2,1-2H3. The van der Waals surface area contributed by atoms with Crippen molar-refractivity contribution in [2.45, 2.75) is 33.1 Å². The van der Waals surface area contributed by atoms with Gasteiger partial charge in [0.05, 0.1) is 0 Å². The molecule has 1 N–H and O–H groups in total. The predicted octanol–water partition coefficient (Wildman–Crippen LogP) is 2.25. The minimum Gasteiger partial charge on any atom is -0.312 e. The summed E-state index contributed by atoms with van der Waals surface area (Å²) in [4.78, 5) is 0. The first-order chi connectivity index (χ1) is 5.33. The molecule has 0 fully saturated rings. The monoisotopic (exact) mass is 151 g/mol. The fraction of sp³-hybridized carbons (Fsp3) is 0.700. The lowest BCUT2D eigenvalue weighted by atomic mass is 9.99. The van der Waals surface area contributed by atoms with Gasteiger partial charge in [0, 0.05) is 13.0 Å². The van der Waals surface area contributed by atoms with Gasteiger partial charge in [0.15, 0.2) is 0 Å². The van der Waals surface area contributed by atoms with Crippen LogP contribution < -0.4 is 5.32 Å². The first kappa shape index (κ1) is 8.58. The zero-order chi connectivity index (χ0) is 8.10. The molecule has 62 valence electrons. The quantitative estimate of drug-likeness (QED) is 0.469. The van der Waals surface area contributed by atoms with E-state index in [2.05, 4.69) is 24.9 Å². The highest BCUT2D eigenvalue weighted by Crippen LogP contribution is 2.16. The van der Waals surface area contributed by atoms with E-state index in [0.717, 1.165) is 13.1 Å². The zero-order valence-corrected chi connectivity index (χ0v) is 7.54. The molecule has 0 saturated carbocycles. The Morgan fingerprint density at radius 3 is 2.82 bits per heavy atom. The molecule has 0 spiro atoms. The Kier molecular flexibility index (Phi) is 3.41. The summed E-state index contributed by atoms with van der Waals surface area (Å²) in [5, 5.41) is 3.40. The second-order valence-electron chi connectivity index (χ2n) is 3.22. The summed E-state index contributed by atoms with van der Waals surface area (Å²) in [5.41, 5.74) is 6.13. The van der Waals surface area contributed by atoms with Gasteiger partial charge in [-0.3, -0.25) is 0 Å². The summed E-state index contributed by atoms with van der Waals surface area (Å²) in [6.07, 6.45) is 3.75. The van der Waals surface area contributed by atoms with Crippen LogP contribution in [0.1, 0.15) is 33.1 Å². The van der Waals surface area contributed by atoms with Gasteiger partial charge in [0.1, 0.15) is 0 Å². The largest absolute Gasteiger partial charge is 0.312 e. The molecule has 1 rings (SSSR count). The van der Waals surface area contributed by atoms with Gasteiger partial charge in [0.25, 0.3) is 0 Å². The van der Waals surface area contributed by atoms with E-state index in [4.69, 9.17) is 0 Å². The second-order valence-corrected chi connectivity index (χ2v) is 3.22. The van der Waals surface area contributed by atoms with Crippen LogP contribution in [0, 0.1) is 0 Å². The lowest BCUT2D eigenvalue weighted by molar-refractivity contribution is 0.662. The summed E-state index contributed by atoms with van der Waals surface area (Å²) >= 11 is 0. The van der Waals surface area contributed by atoms with Gasteiger partial charge in [-0.15, -0.1) is 5.73 Å². The number of nitrogens with one attached hydrogen (secondary N) is 1. The van der Waals surface area contributed by atoms with Crippen LogP contribution in [0.3, 0.4) is 0 Å². The van der Waals surface area contributed by atoms with Crippen LogP contribution in [0.25, 0.3) is 0 Å². The van der Waals surface area contributed by atoms with Gasteiger partial charge in [-0.25, -0.2) is 0 Å². The maximum absolute atomic E-state index is 3.40. The molecule has 1 aliphatic carbocycles. The van der Waals surface area contributed by atoms with Crippen molar-refractivity contribution in [1.29, 1.82) is 0 Å². The highest BCUT2D eigenvalue weighted by atomic mass is 14.8. The smallest absolute Gasteiger partial charge is 0.0243 e. The first-order valence-electron chi connectivity index (χ1n) is 4.47. The molecule has 0 heterocycles. The summed E-state index contributed by atoms with van der Waals surface area (Å²) in [6, 6.07) is 0. The van der Waals surface area contributed by atoms with Crippen molar-refractivity contribution in [3.8, 4) is 0 Å². The van der Waals surface area contributed by atoms with E-state index in [9.17, 15) is 0 Å². The molecule has 1 nitrogen and oxygen atoms in total. The second kappa shape index (κ2) is 4.38. The van der Waals surface area contributed by atoms with Crippen LogP contribution in [0.15, 0.2) is 16.9 Å². The van der Waals surface area contributed by atoms with E-state index in [1.54, 1.807) is 0 Å². The number of unbranched alkanes of at least 4 members (excludes halogenated alkanes) is 1. The van der Waals surface area contributed by atoms with Crippen LogP contribution in [0.5, 0.6) is 0 Å². The van der Waals surface area contributed by atoms with E-state index in [1.165, 1.54) is 30.4 Å². The zero-order valence-electron chi connectivity index (χ0n) is 7.54. The molecule has 0 atom stereocenters. The summed E-state index contributed by atoms with van der Waals surface area (Å²) in [7, 11) is 0. The molecule has 0 saturated heterocycles. The van der Waals surface area contributed by atoms with Gasteiger partial charge >= 0.3 is 0 Å². The van der Waals surface area contributed by atoms with E-state index in [-0.39, 0.29) is 0 Å². The van der Waals surface area contributed by atoms with Crippen LogP contribution in [0.4, 0.5) is 0 Å². The maximum Gasteiger partial charge on any atom is 0.0243 e. The number of hydrogen-bond acceptors (Lipinski definition) is 1. The van der Waals surface area contributed by atoms with E-state index < -0.39 is 0 Å². The third-order valence-electron chi connectivity index (χ3n) is 1.91. The summed E-state index contributed by atoms with van der Waals surface area (Å²) in [6.45, 7) is 6.56. The Morgan fingerprint density at radius 1 is 1.55 bits per heavy atom. The first-order valence-corrected chi connectivity index (χ1v) is 4.47. The van der Waals surface area contributed by atoms with Gasteiger partial charge in [-0.2, -0.15) is 0 Å². The molecule has 1 heteroatoms. The molecular weight excluding hydrogens is 134 g/mol. The van der Waals surface area contributed by atoms with E-state index in [1.807, 2.05) is 0 Å². The Balaban J connectivity index is 2.01. The van der Waals surface area contributed by atoms with Crippen LogP contribution >= 0.6 is 0 Å². The maximum atomic E-state index is 3.40. The highest BCUT2D eigenvalue weighted by Gasteiger charge is 2.04. The van der Waals surface area contributed by atoms with Crippen molar-refractivity contribution < 1.29 is 0 Å². The molecule has 0 aromatic heterocycles. The minimum atomic E-state index is 1.05. The Labute approximate surface area is 69.2 Å². The van der Waals surface area contributed by atoms with Crippen molar-refractivity contribution in [3.63, 3.8) is 0 Å². The van der Waals surface area contributed by atoms with Crippen LogP contribution in [0.2, 0.25) is 0 Å². The average molecular weight is 151 g/mol. The van der Waals surface area contributed by atoms with Crippen molar-refractivity contribution in [2.24, 2.45) is 0 Å². The summed E-state index contributed by atoms with van der Waals surface area (Å²) in [5.74, 6) is 0. The SMILES string of the molecule is CCCCNCC1=C=C(C)C1.